The minimum absolute atomic E-state index is 0.546. The maximum Gasteiger partial charge on any atom is 0.274 e. The van der Waals surface area contributed by atoms with Crippen LogP contribution in [0.1, 0.15) is 13.3 Å². The summed E-state index contributed by atoms with van der Waals surface area (Å²) in [6.45, 7) is 3.06. The summed E-state index contributed by atoms with van der Waals surface area (Å²) in [5, 5.41) is 3.43. The van der Waals surface area contributed by atoms with E-state index in [1.165, 1.54) is 0 Å². The van der Waals surface area contributed by atoms with Crippen molar-refractivity contribution in [1.82, 2.24) is 4.57 Å². The second kappa shape index (κ2) is 5.40. The van der Waals surface area contributed by atoms with Crippen LogP contribution in [0.4, 0.5) is 10.1 Å². The molecule has 2 aromatic rings. The van der Waals surface area contributed by atoms with Crippen LogP contribution in [0.5, 0.6) is 0 Å². The number of fused-ring (bicyclic) bond motifs is 1. The minimum Gasteiger partial charge on any atom is -0.347 e. The predicted molar refractivity (Wildman–Crippen MR) is 71.6 cm³/mol. The molecule has 1 amide bonds. The van der Waals surface area contributed by atoms with Crippen LogP contribution in [0.2, 0.25) is 0 Å². The van der Waals surface area contributed by atoms with Crippen molar-refractivity contribution in [2.45, 2.75) is 25.5 Å². The lowest BCUT2D eigenvalue weighted by Crippen LogP contribution is -2.19. The molecule has 1 heterocycles. The van der Waals surface area contributed by atoms with E-state index in [2.05, 4.69) is 16.8 Å². The zero-order valence-electron chi connectivity index (χ0n) is 9.99. The Bertz CT molecular complexity index is 565. The third-order valence-corrected chi connectivity index (χ3v) is 2.90. The third kappa shape index (κ3) is 2.64. The van der Waals surface area contributed by atoms with Gasteiger partial charge in [0.25, 0.3) is 11.5 Å². The molecule has 5 heteroatoms. The first-order valence-electron chi connectivity index (χ1n) is 5.79. The lowest BCUT2D eigenvalue weighted by Gasteiger charge is -2.06. The zero-order chi connectivity index (χ0) is 13.1. The summed E-state index contributed by atoms with van der Waals surface area (Å²) in [6.07, 6.45) is 3.05. The molecule has 1 atom stereocenters. The number of benzene rings is 1. The van der Waals surface area contributed by atoms with Crippen LogP contribution in [0.15, 0.2) is 30.5 Å². The largest absolute Gasteiger partial charge is 0.347 e. The van der Waals surface area contributed by atoms with Gasteiger partial charge in [0, 0.05) is 29.3 Å². The third-order valence-electron chi connectivity index (χ3n) is 2.70. The number of halogens is 2. The zero-order valence-corrected chi connectivity index (χ0v) is 10.7. The summed E-state index contributed by atoms with van der Waals surface area (Å²) in [6, 6.07) is 7.42. The molecule has 0 saturated heterocycles. The van der Waals surface area contributed by atoms with E-state index in [1.54, 1.807) is 12.1 Å². The molecule has 1 N–H and O–H groups in total. The van der Waals surface area contributed by atoms with Crippen molar-refractivity contribution in [2.75, 3.05) is 5.32 Å². The quantitative estimate of drug-likeness (QED) is 0.846. The first kappa shape index (κ1) is 12.9. The molecule has 0 saturated carbocycles. The summed E-state index contributed by atoms with van der Waals surface area (Å²) in [5.74, 6) is -0.844. The van der Waals surface area contributed by atoms with Crippen LogP contribution in [0, 0.1) is 0 Å². The monoisotopic (exact) mass is 268 g/mol. The Balaban J connectivity index is 2.26. The Morgan fingerprint density at radius 1 is 1.50 bits per heavy atom. The highest BCUT2D eigenvalue weighted by Gasteiger charge is 2.13. The van der Waals surface area contributed by atoms with Gasteiger partial charge in [0.2, 0.25) is 0 Å². The van der Waals surface area contributed by atoms with Gasteiger partial charge in [0.05, 0.1) is 0 Å². The van der Waals surface area contributed by atoms with Crippen LogP contribution in [0.25, 0.3) is 10.9 Å². The number of aryl methyl sites for hydroxylation is 1. The van der Waals surface area contributed by atoms with Crippen molar-refractivity contribution < 1.29 is 9.18 Å². The highest BCUT2D eigenvalue weighted by atomic mass is 35.5. The van der Waals surface area contributed by atoms with E-state index in [1.807, 2.05) is 18.3 Å². The van der Waals surface area contributed by atoms with E-state index in [0.29, 0.717) is 5.69 Å². The van der Waals surface area contributed by atoms with Crippen LogP contribution in [-0.2, 0) is 11.3 Å². The summed E-state index contributed by atoms with van der Waals surface area (Å²) >= 11 is 5.06. The number of nitrogens with one attached hydrogen (secondary N) is 1. The molecule has 96 valence electrons. The first-order valence-corrected chi connectivity index (χ1v) is 6.23. The summed E-state index contributed by atoms with van der Waals surface area (Å²) < 4.78 is 14.7. The Morgan fingerprint density at radius 3 is 2.94 bits per heavy atom. The molecule has 2 rings (SSSR count). The molecule has 0 bridgehead atoms. The predicted octanol–water partition coefficient (Wildman–Crippen LogP) is 3.52. The number of alkyl halides is 2. The molecule has 18 heavy (non-hydrogen) atoms. The van der Waals surface area contributed by atoms with Gasteiger partial charge < -0.3 is 9.88 Å². The van der Waals surface area contributed by atoms with Crippen molar-refractivity contribution in [2.24, 2.45) is 0 Å². The number of carbonyl (C=O) groups excluding carboxylic acids is 1. The standard InChI is InChI=1S/C13H14ClFN2O/c1-2-6-17-7-5-9-8-10(3-4-11(9)17)16-13(18)12(14)15/h3-5,7-8,12H,2,6H2,1H3,(H,16,18). The summed E-state index contributed by atoms with van der Waals surface area (Å²) in [7, 11) is 0. The topological polar surface area (TPSA) is 34.0 Å². The number of hydrogen-bond donors (Lipinski definition) is 1. The van der Waals surface area contributed by atoms with Gasteiger partial charge >= 0.3 is 0 Å². The molecule has 0 fully saturated rings. The van der Waals surface area contributed by atoms with Gasteiger partial charge in [0.15, 0.2) is 0 Å². The SMILES string of the molecule is CCCn1ccc2cc(NC(=O)C(F)Cl)ccc21. The minimum atomic E-state index is -2.02. The molecule has 1 aromatic heterocycles. The molecule has 0 aliphatic carbocycles. The van der Waals surface area contributed by atoms with E-state index in [-0.39, 0.29) is 0 Å². The van der Waals surface area contributed by atoms with E-state index in [4.69, 9.17) is 11.6 Å². The fraction of sp³-hybridized carbons (Fsp3) is 0.308. The fourth-order valence-corrected chi connectivity index (χ4v) is 1.97. The maximum atomic E-state index is 12.5. The molecule has 0 spiro atoms. The molecule has 0 aliphatic heterocycles. The smallest absolute Gasteiger partial charge is 0.274 e. The molecular weight excluding hydrogens is 255 g/mol. The first-order chi connectivity index (χ1) is 8.61. The lowest BCUT2D eigenvalue weighted by atomic mass is 10.2. The van der Waals surface area contributed by atoms with Gasteiger partial charge in [-0.05, 0) is 30.7 Å². The number of aromatic nitrogens is 1. The number of hydrogen-bond acceptors (Lipinski definition) is 1. The van der Waals surface area contributed by atoms with E-state index >= 15 is 0 Å². The van der Waals surface area contributed by atoms with Gasteiger partial charge in [-0.15, -0.1) is 0 Å². The average Bonchev–Trinajstić information content (AvgIpc) is 2.72. The molecule has 3 nitrogen and oxygen atoms in total. The summed E-state index contributed by atoms with van der Waals surface area (Å²) in [5.41, 5.74) is -0.382. The molecular formula is C13H14ClFN2O. The van der Waals surface area contributed by atoms with Gasteiger partial charge in [-0.25, -0.2) is 4.39 Å². The van der Waals surface area contributed by atoms with Crippen molar-refractivity contribution >= 4 is 34.1 Å². The van der Waals surface area contributed by atoms with Crippen molar-refractivity contribution in [3.8, 4) is 0 Å². The Kier molecular flexibility index (Phi) is 3.87. The molecule has 0 radical (unpaired) electrons. The van der Waals surface area contributed by atoms with E-state index in [0.717, 1.165) is 23.9 Å². The second-order valence-electron chi connectivity index (χ2n) is 4.07. The van der Waals surface area contributed by atoms with Gasteiger partial charge in [-0.2, -0.15) is 0 Å². The Labute approximate surface area is 110 Å². The highest BCUT2D eigenvalue weighted by Crippen LogP contribution is 2.21. The number of rotatable bonds is 4. The van der Waals surface area contributed by atoms with Gasteiger partial charge in [0.1, 0.15) is 0 Å². The number of carbonyl (C=O) groups is 1. The van der Waals surface area contributed by atoms with Gasteiger partial charge in [-0.1, -0.05) is 18.5 Å². The maximum absolute atomic E-state index is 12.5. The summed E-state index contributed by atoms with van der Waals surface area (Å²) in [4.78, 5) is 11.1. The molecule has 0 aliphatic rings. The van der Waals surface area contributed by atoms with Crippen LogP contribution in [-0.4, -0.2) is 16.1 Å². The van der Waals surface area contributed by atoms with Crippen molar-refractivity contribution in [1.29, 1.82) is 0 Å². The van der Waals surface area contributed by atoms with Crippen LogP contribution in [0.3, 0.4) is 0 Å². The molecule has 1 aromatic carbocycles. The Morgan fingerprint density at radius 2 is 2.28 bits per heavy atom. The van der Waals surface area contributed by atoms with Crippen molar-refractivity contribution in [3.05, 3.63) is 30.5 Å². The van der Waals surface area contributed by atoms with Crippen LogP contribution < -0.4 is 5.32 Å². The average molecular weight is 269 g/mol. The fourth-order valence-electron chi connectivity index (χ4n) is 1.91. The van der Waals surface area contributed by atoms with E-state index in [9.17, 15) is 9.18 Å². The van der Waals surface area contributed by atoms with Gasteiger partial charge in [-0.3, -0.25) is 4.79 Å². The number of nitrogens with zero attached hydrogens (tertiary/aromatic N) is 1. The van der Waals surface area contributed by atoms with E-state index < -0.39 is 11.5 Å². The van der Waals surface area contributed by atoms with Crippen molar-refractivity contribution in [3.63, 3.8) is 0 Å². The number of amides is 1. The lowest BCUT2D eigenvalue weighted by molar-refractivity contribution is -0.118. The molecule has 1 unspecified atom stereocenters. The normalized spacial score (nSPS) is 12.6. The number of anilines is 1. The van der Waals surface area contributed by atoms with Crippen LogP contribution >= 0.6 is 11.6 Å². The highest BCUT2D eigenvalue weighted by molar-refractivity contribution is 6.31. The second-order valence-corrected chi connectivity index (χ2v) is 4.46. The Hall–Kier alpha value is -1.55.